The number of ether oxygens (including phenoxy) is 1. The van der Waals surface area contributed by atoms with Gasteiger partial charge in [-0.25, -0.2) is 0 Å². The zero-order valence-corrected chi connectivity index (χ0v) is 12.1. The topological polar surface area (TPSA) is 38.5 Å². The number of rotatable bonds is 6. The molecule has 0 heterocycles. The molecule has 2 N–H and O–H groups in total. The van der Waals surface area contributed by atoms with Gasteiger partial charge in [0.1, 0.15) is 12.4 Å². The van der Waals surface area contributed by atoms with Gasteiger partial charge in [-0.15, -0.1) is 0 Å². The molecule has 1 atom stereocenters. The molecule has 2 rings (SSSR count). The highest BCUT2D eigenvalue weighted by Gasteiger charge is 2.10. The Bertz CT molecular complexity index is 526. The fourth-order valence-corrected chi connectivity index (χ4v) is 1.96. The van der Waals surface area contributed by atoms with E-state index in [9.17, 15) is 0 Å². The summed E-state index contributed by atoms with van der Waals surface area (Å²) in [5.41, 5.74) is 8.40. The van der Waals surface area contributed by atoms with Crippen molar-refractivity contribution in [3.8, 4) is 5.75 Å². The van der Waals surface area contributed by atoms with Crippen molar-refractivity contribution < 1.29 is 4.74 Å². The molecule has 3 heteroatoms. The minimum absolute atomic E-state index is 0.00326. The number of nitrogens with two attached hydrogens (primary N) is 1. The Morgan fingerprint density at radius 2 is 1.65 bits per heavy atom. The van der Waals surface area contributed by atoms with Crippen molar-refractivity contribution in [2.45, 2.75) is 19.2 Å². The predicted octanol–water partition coefficient (Wildman–Crippen LogP) is 2.65. The highest BCUT2D eigenvalue weighted by molar-refractivity contribution is 5.34. The maximum atomic E-state index is 6.10. The zero-order chi connectivity index (χ0) is 14.4. The molecule has 0 radical (unpaired) electrons. The Balaban J connectivity index is 2.04. The van der Waals surface area contributed by atoms with Gasteiger partial charge < -0.3 is 10.5 Å². The van der Waals surface area contributed by atoms with Gasteiger partial charge >= 0.3 is 0 Å². The van der Waals surface area contributed by atoms with Crippen LogP contribution in [0.4, 0.5) is 0 Å². The summed E-state index contributed by atoms with van der Waals surface area (Å²) in [4.78, 5) is 2.01. The van der Waals surface area contributed by atoms with Gasteiger partial charge in [-0.05, 0) is 31.3 Å². The van der Waals surface area contributed by atoms with Gasteiger partial charge in [-0.1, -0.05) is 48.5 Å². The van der Waals surface area contributed by atoms with E-state index >= 15 is 0 Å². The smallest absolute Gasteiger partial charge is 0.123 e. The van der Waals surface area contributed by atoms with Gasteiger partial charge in [0.15, 0.2) is 0 Å². The lowest BCUT2D eigenvalue weighted by Crippen LogP contribution is -2.38. The fourth-order valence-electron chi connectivity index (χ4n) is 1.96. The highest BCUT2D eigenvalue weighted by atomic mass is 16.5. The lowest BCUT2D eigenvalue weighted by molar-refractivity contribution is 0.282. The maximum absolute atomic E-state index is 6.10. The summed E-state index contributed by atoms with van der Waals surface area (Å²) in [5.74, 6) is 0.911. The third-order valence-corrected chi connectivity index (χ3v) is 3.30. The van der Waals surface area contributed by atoms with Crippen LogP contribution in [0, 0.1) is 0 Å². The lowest BCUT2D eigenvalue weighted by Gasteiger charge is -2.21. The van der Waals surface area contributed by atoms with E-state index in [-0.39, 0.29) is 6.17 Å². The third-order valence-electron chi connectivity index (χ3n) is 3.30. The summed E-state index contributed by atoms with van der Waals surface area (Å²) in [6.07, 6.45) is 0.772. The molecular formula is C17H22N2O. The van der Waals surface area contributed by atoms with Gasteiger partial charge in [0.2, 0.25) is 0 Å². The van der Waals surface area contributed by atoms with E-state index in [0.717, 1.165) is 17.7 Å². The number of nitrogens with zero attached hydrogens (tertiary/aromatic N) is 1. The number of hydrogen-bond acceptors (Lipinski definition) is 3. The van der Waals surface area contributed by atoms with Crippen LogP contribution < -0.4 is 10.5 Å². The Labute approximate surface area is 121 Å². The van der Waals surface area contributed by atoms with Crippen LogP contribution in [0.25, 0.3) is 0 Å². The number of likely N-dealkylation sites (N-methyl/N-ethyl adjacent to an activating group) is 1. The molecule has 20 heavy (non-hydrogen) atoms. The second kappa shape index (κ2) is 7.08. The fraction of sp³-hybridized carbons (Fsp3) is 0.294. The van der Waals surface area contributed by atoms with Crippen molar-refractivity contribution in [3.63, 3.8) is 0 Å². The molecule has 0 amide bonds. The number of hydrogen-bond donors (Lipinski definition) is 1. The first-order valence-electron chi connectivity index (χ1n) is 6.83. The Hall–Kier alpha value is -1.84. The van der Waals surface area contributed by atoms with Crippen LogP contribution in [0.2, 0.25) is 0 Å². The Morgan fingerprint density at radius 1 is 1.00 bits per heavy atom. The van der Waals surface area contributed by atoms with Crippen molar-refractivity contribution >= 4 is 0 Å². The summed E-state index contributed by atoms with van der Waals surface area (Å²) in [7, 11) is 3.97. The molecular weight excluding hydrogens is 248 g/mol. The second-order valence-corrected chi connectivity index (χ2v) is 5.12. The minimum atomic E-state index is -0.00326. The van der Waals surface area contributed by atoms with E-state index in [1.165, 1.54) is 5.56 Å². The molecule has 0 fully saturated rings. The van der Waals surface area contributed by atoms with E-state index < -0.39 is 0 Å². The van der Waals surface area contributed by atoms with Gasteiger partial charge in [-0.2, -0.15) is 0 Å². The number of para-hydroxylation sites is 1. The van der Waals surface area contributed by atoms with Crippen molar-refractivity contribution in [1.82, 2.24) is 4.90 Å². The molecule has 0 saturated carbocycles. The van der Waals surface area contributed by atoms with E-state index in [1.807, 2.05) is 55.4 Å². The van der Waals surface area contributed by atoms with E-state index in [0.29, 0.717) is 6.61 Å². The molecule has 0 aliphatic heterocycles. The Kier molecular flexibility index (Phi) is 5.16. The average molecular weight is 270 g/mol. The van der Waals surface area contributed by atoms with Gasteiger partial charge in [0, 0.05) is 6.42 Å². The maximum Gasteiger partial charge on any atom is 0.123 e. The molecule has 2 aromatic rings. The molecule has 1 unspecified atom stereocenters. The third kappa shape index (κ3) is 4.08. The summed E-state index contributed by atoms with van der Waals surface area (Å²) in [6, 6.07) is 18.3. The molecule has 0 aromatic heterocycles. The molecule has 0 saturated heterocycles. The van der Waals surface area contributed by atoms with Gasteiger partial charge in [0.25, 0.3) is 0 Å². The van der Waals surface area contributed by atoms with Gasteiger partial charge in [0.05, 0.1) is 6.17 Å². The average Bonchev–Trinajstić information content (AvgIpc) is 2.47. The minimum Gasteiger partial charge on any atom is -0.489 e. The summed E-state index contributed by atoms with van der Waals surface area (Å²) >= 11 is 0. The number of benzene rings is 2. The standard InChI is InChI=1S/C17H22N2O/c1-19(2)17(18)12-15-10-6-7-11-16(15)20-13-14-8-4-3-5-9-14/h3-11,17H,12-13,18H2,1-2H3. The van der Waals surface area contributed by atoms with Crippen LogP contribution in [0.1, 0.15) is 11.1 Å². The van der Waals surface area contributed by atoms with Crippen molar-refractivity contribution in [3.05, 3.63) is 65.7 Å². The van der Waals surface area contributed by atoms with Crippen molar-refractivity contribution in [1.29, 1.82) is 0 Å². The van der Waals surface area contributed by atoms with E-state index in [2.05, 4.69) is 18.2 Å². The van der Waals surface area contributed by atoms with Crippen LogP contribution in [-0.4, -0.2) is 25.2 Å². The summed E-state index contributed by atoms with van der Waals surface area (Å²) in [5, 5.41) is 0. The molecule has 0 aliphatic carbocycles. The molecule has 0 bridgehead atoms. The first-order valence-corrected chi connectivity index (χ1v) is 6.83. The first kappa shape index (κ1) is 14.6. The van der Waals surface area contributed by atoms with Crippen LogP contribution in [-0.2, 0) is 13.0 Å². The normalized spacial score (nSPS) is 12.4. The quantitative estimate of drug-likeness (QED) is 0.820. The molecule has 3 nitrogen and oxygen atoms in total. The van der Waals surface area contributed by atoms with Crippen molar-refractivity contribution in [2.75, 3.05) is 14.1 Å². The highest BCUT2D eigenvalue weighted by Crippen LogP contribution is 2.21. The van der Waals surface area contributed by atoms with Crippen LogP contribution in [0.5, 0.6) is 5.75 Å². The lowest BCUT2D eigenvalue weighted by atomic mass is 10.1. The van der Waals surface area contributed by atoms with E-state index in [4.69, 9.17) is 10.5 Å². The van der Waals surface area contributed by atoms with Gasteiger partial charge in [-0.3, -0.25) is 4.90 Å². The summed E-state index contributed by atoms with van der Waals surface area (Å²) in [6.45, 7) is 0.578. The molecule has 2 aromatic carbocycles. The van der Waals surface area contributed by atoms with Crippen LogP contribution in [0.3, 0.4) is 0 Å². The SMILES string of the molecule is CN(C)C(N)Cc1ccccc1OCc1ccccc1. The first-order chi connectivity index (χ1) is 9.66. The predicted molar refractivity (Wildman–Crippen MR) is 82.6 cm³/mol. The molecule has 106 valence electrons. The van der Waals surface area contributed by atoms with E-state index in [1.54, 1.807) is 0 Å². The molecule has 0 aliphatic rings. The largest absolute Gasteiger partial charge is 0.489 e. The Morgan fingerprint density at radius 3 is 2.35 bits per heavy atom. The molecule has 0 spiro atoms. The van der Waals surface area contributed by atoms with Crippen LogP contribution in [0.15, 0.2) is 54.6 Å². The second-order valence-electron chi connectivity index (χ2n) is 5.12. The monoisotopic (exact) mass is 270 g/mol. The summed E-state index contributed by atoms with van der Waals surface area (Å²) < 4.78 is 5.93. The van der Waals surface area contributed by atoms with Crippen molar-refractivity contribution in [2.24, 2.45) is 5.73 Å². The van der Waals surface area contributed by atoms with Crippen LogP contribution >= 0.6 is 0 Å². The zero-order valence-electron chi connectivity index (χ0n) is 12.1.